The third-order valence-electron chi connectivity index (χ3n) is 2.07. The van der Waals surface area contributed by atoms with Crippen molar-refractivity contribution >= 4 is 5.82 Å². The first-order valence-corrected chi connectivity index (χ1v) is 4.30. The zero-order chi connectivity index (χ0) is 10.6. The molecule has 1 aromatic heterocycles. The summed E-state index contributed by atoms with van der Waals surface area (Å²) < 4.78 is 0. The highest BCUT2D eigenvalue weighted by Gasteiger charge is 2.13. The molecular formula is C9H12N4O. The van der Waals surface area contributed by atoms with Crippen LogP contribution < -0.4 is 10.5 Å². The van der Waals surface area contributed by atoms with Crippen molar-refractivity contribution in [3.63, 3.8) is 0 Å². The van der Waals surface area contributed by atoms with E-state index in [4.69, 9.17) is 5.26 Å². The third kappa shape index (κ3) is 2.10. The zero-order valence-electron chi connectivity index (χ0n) is 8.19. The van der Waals surface area contributed by atoms with E-state index in [0.717, 1.165) is 0 Å². The van der Waals surface area contributed by atoms with Gasteiger partial charge in [-0.1, -0.05) is 0 Å². The molecule has 0 aliphatic carbocycles. The molecule has 5 heteroatoms. The zero-order valence-corrected chi connectivity index (χ0v) is 8.19. The number of nitriles is 1. The number of aromatic nitrogens is 2. The van der Waals surface area contributed by atoms with Crippen LogP contribution in [-0.4, -0.2) is 23.1 Å². The Labute approximate surface area is 82.0 Å². The van der Waals surface area contributed by atoms with E-state index in [0.29, 0.717) is 12.2 Å². The Bertz CT molecular complexity index is 392. The normalized spacial score (nSPS) is 11.8. The quantitative estimate of drug-likeness (QED) is 0.757. The van der Waals surface area contributed by atoms with Crippen molar-refractivity contribution in [2.75, 3.05) is 11.9 Å². The van der Waals surface area contributed by atoms with Crippen LogP contribution in [0.4, 0.5) is 5.82 Å². The number of aromatic amines is 1. The molecule has 0 aliphatic rings. The molecular weight excluding hydrogens is 180 g/mol. The molecule has 1 N–H and O–H groups in total. The van der Waals surface area contributed by atoms with Gasteiger partial charge in [-0.05, 0) is 6.92 Å². The van der Waals surface area contributed by atoms with Crippen LogP contribution in [0.1, 0.15) is 13.3 Å². The number of hydrogen-bond donors (Lipinski definition) is 1. The van der Waals surface area contributed by atoms with Crippen LogP contribution >= 0.6 is 0 Å². The molecule has 1 atom stereocenters. The second-order valence-corrected chi connectivity index (χ2v) is 3.06. The van der Waals surface area contributed by atoms with Gasteiger partial charge in [0.2, 0.25) is 0 Å². The van der Waals surface area contributed by atoms with Crippen LogP contribution in [-0.2, 0) is 0 Å². The van der Waals surface area contributed by atoms with E-state index in [2.05, 4.69) is 16.0 Å². The molecule has 1 unspecified atom stereocenters. The number of H-pyrrole nitrogens is 1. The molecule has 14 heavy (non-hydrogen) atoms. The SMILES string of the molecule is CC(CC#N)N(C)c1ncc[nH]c1=O. The summed E-state index contributed by atoms with van der Waals surface area (Å²) in [4.78, 5) is 19.5. The van der Waals surface area contributed by atoms with E-state index in [9.17, 15) is 4.79 Å². The summed E-state index contributed by atoms with van der Waals surface area (Å²) >= 11 is 0. The van der Waals surface area contributed by atoms with Gasteiger partial charge in [-0.15, -0.1) is 0 Å². The maximum atomic E-state index is 11.3. The summed E-state index contributed by atoms with van der Waals surface area (Å²) in [7, 11) is 1.75. The van der Waals surface area contributed by atoms with Crippen LogP contribution in [0.5, 0.6) is 0 Å². The van der Waals surface area contributed by atoms with E-state index in [1.54, 1.807) is 11.9 Å². The fraction of sp³-hybridized carbons (Fsp3) is 0.444. The van der Waals surface area contributed by atoms with Gasteiger partial charge in [0.05, 0.1) is 12.5 Å². The number of hydrogen-bond acceptors (Lipinski definition) is 4. The van der Waals surface area contributed by atoms with Crippen molar-refractivity contribution in [1.29, 1.82) is 5.26 Å². The lowest BCUT2D eigenvalue weighted by Gasteiger charge is -2.22. The second kappa shape index (κ2) is 4.42. The van der Waals surface area contributed by atoms with Gasteiger partial charge < -0.3 is 9.88 Å². The van der Waals surface area contributed by atoms with Crippen molar-refractivity contribution in [3.8, 4) is 6.07 Å². The summed E-state index contributed by atoms with van der Waals surface area (Å²) in [6, 6.07) is 2.04. The summed E-state index contributed by atoms with van der Waals surface area (Å²) in [5, 5.41) is 8.52. The number of nitrogens with one attached hydrogen (secondary N) is 1. The Balaban J connectivity index is 2.90. The largest absolute Gasteiger partial charge is 0.351 e. The van der Waals surface area contributed by atoms with Gasteiger partial charge in [-0.25, -0.2) is 4.98 Å². The minimum Gasteiger partial charge on any atom is -0.351 e. The van der Waals surface area contributed by atoms with E-state index >= 15 is 0 Å². The van der Waals surface area contributed by atoms with Gasteiger partial charge >= 0.3 is 0 Å². The van der Waals surface area contributed by atoms with Crippen LogP contribution in [0, 0.1) is 11.3 Å². The molecule has 5 nitrogen and oxygen atoms in total. The van der Waals surface area contributed by atoms with E-state index in [1.165, 1.54) is 12.4 Å². The lowest BCUT2D eigenvalue weighted by atomic mass is 10.2. The second-order valence-electron chi connectivity index (χ2n) is 3.06. The summed E-state index contributed by atoms with van der Waals surface area (Å²) in [6.07, 6.45) is 3.37. The average molecular weight is 192 g/mol. The molecule has 1 heterocycles. The Morgan fingerprint density at radius 1 is 1.79 bits per heavy atom. The summed E-state index contributed by atoms with van der Waals surface area (Å²) in [6.45, 7) is 1.87. The van der Waals surface area contributed by atoms with Gasteiger partial charge in [-0.2, -0.15) is 5.26 Å². The highest BCUT2D eigenvalue weighted by atomic mass is 16.1. The molecule has 0 bridgehead atoms. The van der Waals surface area contributed by atoms with Crippen molar-refractivity contribution < 1.29 is 0 Å². The fourth-order valence-corrected chi connectivity index (χ4v) is 1.07. The maximum absolute atomic E-state index is 11.3. The Morgan fingerprint density at radius 2 is 2.50 bits per heavy atom. The predicted octanol–water partition coefficient (Wildman–Crippen LogP) is 0.508. The van der Waals surface area contributed by atoms with Crippen LogP contribution in [0.2, 0.25) is 0 Å². The highest BCUT2D eigenvalue weighted by Crippen LogP contribution is 2.06. The monoisotopic (exact) mass is 192 g/mol. The highest BCUT2D eigenvalue weighted by molar-refractivity contribution is 5.35. The minimum absolute atomic E-state index is 0.0176. The predicted molar refractivity (Wildman–Crippen MR) is 53.0 cm³/mol. The molecule has 0 radical (unpaired) electrons. The lowest BCUT2D eigenvalue weighted by molar-refractivity contribution is 0.689. The summed E-state index contributed by atoms with van der Waals surface area (Å²) in [5.41, 5.74) is -0.236. The minimum atomic E-state index is -0.236. The topological polar surface area (TPSA) is 72.8 Å². The molecule has 0 fully saturated rings. The maximum Gasteiger partial charge on any atom is 0.290 e. The van der Waals surface area contributed by atoms with Gasteiger partial charge in [0.15, 0.2) is 5.82 Å². The lowest BCUT2D eigenvalue weighted by Crippen LogP contribution is -2.33. The Kier molecular flexibility index (Phi) is 3.24. The number of rotatable bonds is 3. The van der Waals surface area contributed by atoms with Crippen LogP contribution in [0.3, 0.4) is 0 Å². The fourth-order valence-electron chi connectivity index (χ4n) is 1.07. The Hall–Kier alpha value is -1.83. The molecule has 0 aliphatic heterocycles. The molecule has 0 spiro atoms. The van der Waals surface area contributed by atoms with Gasteiger partial charge in [0, 0.05) is 25.5 Å². The van der Waals surface area contributed by atoms with Crippen molar-refractivity contribution in [3.05, 3.63) is 22.7 Å². The first-order valence-electron chi connectivity index (χ1n) is 4.30. The van der Waals surface area contributed by atoms with Crippen molar-refractivity contribution in [1.82, 2.24) is 9.97 Å². The van der Waals surface area contributed by atoms with Gasteiger partial charge in [0.25, 0.3) is 5.56 Å². The molecule has 0 amide bonds. The number of nitrogens with zero attached hydrogens (tertiary/aromatic N) is 3. The van der Waals surface area contributed by atoms with Gasteiger partial charge in [-0.3, -0.25) is 4.79 Å². The molecule has 74 valence electrons. The molecule has 1 aromatic rings. The van der Waals surface area contributed by atoms with Crippen molar-refractivity contribution in [2.24, 2.45) is 0 Å². The molecule has 0 saturated heterocycles. The molecule has 0 aromatic carbocycles. The van der Waals surface area contributed by atoms with Crippen LogP contribution in [0.25, 0.3) is 0 Å². The first-order chi connectivity index (χ1) is 6.66. The number of anilines is 1. The van der Waals surface area contributed by atoms with E-state index < -0.39 is 0 Å². The van der Waals surface area contributed by atoms with E-state index in [-0.39, 0.29) is 11.6 Å². The Morgan fingerprint density at radius 3 is 3.07 bits per heavy atom. The summed E-state index contributed by atoms with van der Waals surface area (Å²) in [5.74, 6) is 0.343. The van der Waals surface area contributed by atoms with Crippen molar-refractivity contribution in [2.45, 2.75) is 19.4 Å². The van der Waals surface area contributed by atoms with Gasteiger partial charge in [0.1, 0.15) is 0 Å². The smallest absolute Gasteiger partial charge is 0.290 e. The third-order valence-corrected chi connectivity index (χ3v) is 2.07. The average Bonchev–Trinajstić information content (AvgIpc) is 2.18. The standard InChI is InChI=1S/C9H12N4O/c1-7(3-4-10)13(2)8-9(14)12-6-5-11-8/h5-7H,3H2,1-2H3,(H,12,14). The van der Waals surface area contributed by atoms with E-state index in [1.807, 2.05) is 6.92 Å². The molecule has 1 rings (SSSR count). The first kappa shape index (κ1) is 10.3. The van der Waals surface area contributed by atoms with Crippen LogP contribution in [0.15, 0.2) is 17.2 Å². The molecule has 0 saturated carbocycles.